The molecule has 1 heterocycles. The van der Waals surface area contributed by atoms with E-state index in [0.29, 0.717) is 26.0 Å². The molecule has 1 rings (SSSR count). The van der Waals surface area contributed by atoms with E-state index >= 15 is 0 Å². The molecule has 0 aromatic carbocycles. The van der Waals surface area contributed by atoms with E-state index in [-0.39, 0.29) is 6.61 Å². The summed E-state index contributed by atoms with van der Waals surface area (Å²) in [6.07, 6.45) is -2.13. The van der Waals surface area contributed by atoms with Crippen molar-refractivity contribution in [2.75, 3.05) is 19.8 Å². The second kappa shape index (κ2) is 5.70. The lowest BCUT2D eigenvalue weighted by Gasteiger charge is -2.32. The lowest BCUT2D eigenvalue weighted by Crippen LogP contribution is -2.50. The van der Waals surface area contributed by atoms with Crippen LogP contribution < -0.4 is 5.32 Å². The normalized spacial score (nSPS) is 25.2. The molecule has 90 valence electrons. The van der Waals surface area contributed by atoms with Gasteiger partial charge in [0.1, 0.15) is 6.04 Å². The van der Waals surface area contributed by atoms with Crippen LogP contribution in [0.1, 0.15) is 26.2 Å². The first-order valence-corrected chi connectivity index (χ1v) is 5.43. The van der Waals surface area contributed by atoms with Gasteiger partial charge < -0.3 is 10.1 Å². The summed E-state index contributed by atoms with van der Waals surface area (Å²) in [4.78, 5) is 0. The minimum absolute atomic E-state index is 0.223. The van der Waals surface area contributed by atoms with E-state index in [9.17, 15) is 13.2 Å². The second-order valence-corrected chi connectivity index (χ2v) is 3.95. The molecule has 5 heteroatoms. The van der Waals surface area contributed by atoms with Crippen molar-refractivity contribution in [1.82, 2.24) is 5.32 Å². The third kappa shape index (κ3) is 3.99. The topological polar surface area (TPSA) is 21.3 Å². The van der Waals surface area contributed by atoms with Crippen LogP contribution in [0.2, 0.25) is 0 Å². The van der Waals surface area contributed by atoms with E-state index in [2.05, 4.69) is 5.32 Å². The molecular formula is C10H18F3NO. The van der Waals surface area contributed by atoms with Crippen LogP contribution in [0.4, 0.5) is 13.2 Å². The van der Waals surface area contributed by atoms with Crippen LogP contribution in [0.3, 0.4) is 0 Å². The predicted molar refractivity (Wildman–Crippen MR) is 51.7 cm³/mol. The number of alkyl halides is 3. The van der Waals surface area contributed by atoms with Gasteiger partial charge in [-0.05, 0) is 25.8 Å². The van der Waals surface area contributed by atoms with Gasteiger partial charge in [-0.3, -0.25) is 0 Å². The van der Waals surface area contributed by atoms with Gasteiger partial charge in [-0.15, -0.1) is 0 Å². The SMILES string of the molecule is CCCNC(C1CCCOC1)C(F)(F)F. The Balaban J connectivity index is 2.53. The van der Waals surface area contributed by atoms with E-state index in [1.54, 1.807) is 0 Å². The summed E-state index contributed by atoms with van der Waals surface area (Å²) in [6, 6.07) is -1.40. The highest BCUT2D eigenvalue weighted by molar-refractivity contribution is 4.84. The molecule has 2 nitrogen and oxygen atoms in total. The fourth-order valence-electron chi connectivity index (χ4n) is 1.88. The Hall–Kier alpha value is -0.290. The Morgan fingerprint density at radius 3 is 2.67 bits per heavy atom. The summed E-state index contributed by atoms with van der Waals surface area (Å²) in [7, 11) is 0. The number of hydrogen-bond donors (Lipinski definition) is 1. The van der Waals surface area contributed by atoms with Gasteiger partial charge in [-0.25, -0.2) is 0 Å². The molecule has 0 aliphatic carbocycles. The van der Waals surface area contributed by atoms with Gasteiger partial charge in [-0.2, -0.15) is 13.2 Å². The van der Waals surface area contributed by atoms with Gasteiger partial charge in [0.15, 0.2) is 0 Å². The van der Waals surface area contributed by atoms with Crippen molar-refractivity contribution < 1.29 is 17.9 Å². The van der Waals surface area contributed by atoms with Crippen molar-refractivity contribution in [3.63, 3.8) is 0 Å². The first-order valence-electron chi connectivity index (χ1n) is 5.43. The Kier molecular flexibility index (Phi) is 4.86. The minimum atomic E-state index is -4.17. The highest BCUT2D eigenvalue weighted by Gasteiger charge is 2.44. The molecule has 1 aliphatic heterocycles. The molecule has 1 aliphatic rings. The lowest BCUT2D eigenvalue weighted by molar-refractivity contribution is -0.177. The molecule has 0 bridgehead atoms. The van der Waals surface area contributed by atoms with Crippen LogP contribution in [0, 0.1) is 5.92 Å². The Labute approximate surface area is 88.2 Å². The van der Waals surface area contributed by atoms with E-state index in [1.807, 2.05) is 6.92 Å². The predicted octanol–water partition coefficient (Wildman–Crippen LogP) is 2.34. The first-order chi connectivity index (χ1) is 7.05. The third-order valence-electron chi connectivity index (χ3n) is 2.63. The zero-order chi connectivity index (χ0) is 11.3. The zero-order valence-corrected chi connectivity index (χ0v) is 8.94. The molecule has 2 atom stereocenters. The van der Waals surface area contributed by atoms with Gasteiger partial charge >= 0.3 is 6.18 Å². The maximum atomic E-state index is 12.7. The van der Waals surface area contributed by atoms with Crippen LogP contribution >= 0.6 is 0 Å². The van der Waals surface area contributed by atoms with Crippen molar-refractivity contribution in [3.05, 3.63) is 0 Å². The molecular weight excluding hydrogens is 207 g/mol. The summed E-state index contributed by atoms with van der Waals surface area (Å²) < 4.78 is 43.2. The fraction of sp³-hybridized carbons (Fsp3) is 1.00. The van der Waals surface area contributed by atoms with Gasteiger partial charge in [0.2, 0.25) is 0 Å². The van der Waals surface area contributed by atoms with E-state index in [0.717, 1.165) is 6.42 Å². The standard InChI is InChI=1S/C10H18F3NO/c1-2-5-14-9(10(11,12)13)8-4-3-6-15-7-8/h8-9,14H,2-7H2,1H3. The smallest absolute Gasteiger partial charge is 0.381 e. The summed E-state index contributed by atoms with van der Waals surface area (Å²) in [5, 5.41) is 2.57. The van der Waals surface area contributed by atoms with Gasteiger partial charge in [0.05, 0.1) is 6.61 Å². The summed E-state index contributed by atoms with van der Waals surface area (Å²) in [5.41, 5.74) is 0. The van der Waals surface area contributed by atoms with Gasteiger partial charge in [0.25, 0.3) is 0 Å². The van der Waals surface area contributed by atoms with Crippen LogP contribution in [0.25, 0.3) is 0 Å². The van der Waals surface area contributed by atoms with Crippen molar-refractivity contribution >= 4 is 0 Å². The molecule has 0 spiro atoms. The van der Waals surface area contributed by atoms with Crippen molar-refractivity contribution in [2.24, 2.45) is 5.92 Å². The number of ether oxygens (including phenoxy) is 1. The zero-order valence-electron chi connectivity index (χ0n) is 8.94. The summed E-state index contributed by atoms with van der Waals surface area (Å²) in [5.74, 6) is -0.426. The van der Waals surface area contributed by atoms with Gasteiger partial charge in [-0.1, -0.05) is 6.92 Å². The molecule has 0 aromatic heterocycles. The average Bonchev–Trinajstić information content (AvgIpc) is 2.18. The van der Waals surface area contributed by atoms with Gasteiger partial charge in [0, 0.05) is 12.5 Å². The highest BCUT2D eigenvalue weighted by atomic mass is 19.4. The van der Waals surface area contributed by atoms with Crippen molar-refractivity contribution in [3.8, 4) is 0 Å². The van der Waals surface area contributed by atoms with E-state index in [1.165, 1.54) is 0 Å². The van der Waals surface area contributed by atoms with Crippen LogP contribution in [-0.4, -0.2) is 32.0 Å². The highest BCUT2D eigenvalue weighted by Crippen LogP contribution is 2.30. The maximum absolute atomic E-state index is 12.7. The Morgan fingerprint density at radius 1 is 1.47 bits per heavy atom. The van der Waals surface area contributed by atoms with E-state index in [4.69, 9.17) is 4.74 Å². The van der Waals surface area contributed by atoms with Crippen LogP contribution in [0.5, 0.6) is 0 Å². The van der Waals surface area contributed by atoms with E-state index < -0.39 is 18.1 Å². The van der Waals surface area contributed by atoms with Crippen LogP contribution in [0.15, 0.2) is 0 Å². The molecule has 0 amide bonds. The average molecular weight is 225 g/mol. The monoisotopic (exact) mass is 225 g/mol. The Morgan fingerprint density at radius 2 is 2.20 bits per heavy atom. The fourth-order valence-corrected chi connectivity index (χ4v) is 1.88. The molecule has 0 radical (unpaired) electrons. The molecule has 0 saturated carbocycles. The quantitative estimate of drug-likeness (QED) is 0.793. The van der Waals surface area contributed by atoms with Crippen molar-refractivity contribution in [2.45, 2.75) is 38.4 Å². The number of nitrogens with one attached hydrogen (secondary N) is 1. The molecule has 15 heavy (non-hydrogen) atoms. The second-order valence-electron chi connectivity index (χ2n) is 3.95. The first kappa shape index (κ1) is 12.8. The molecule has 1 saturated heterocycles. The molecule has 1 N–H and O–H groups in total. The largest absolute Gasteiger partial charge is 0.404 e. The molecule has 0 aromatic rings. The number of halogens is 3. The van der Waals surface area contributed by atoms with Crippen LogP contribution in [-0.2, 0) is 4.74 Å². The van der Waals surface area contributed by atoms with Crippen molar-refractivity contribution in [1.29, 1.82) is 0 Å². The Bertz CT molecular complexity index is 178. The molecule has 2 unspecified atom stereocenters. The molecule has 1 fully saturated rings. The number of hydrogen-bond acceptors (Lipinski definition) is 2. The minimum Gasteiger partial charge on any atom is -0.381 e. The lowest BCUT2D eigenvalue weighted by atomic mass is 9.93. The number of rotatable bonds is 4. The maximum Gasteiger partial charge on any atom is 0.404 e. The third-order valence-corrected chi connectivity index (χ3v) is 2.63. The summed E-state index contributed by atoms with van der Waals surface area (Å²) >= 11 is 0. The summed E-state index contributed by atoms with van der Waals surface area (Å²) in [6.45, 7) is 3.08.